The monoisotopic (exact) mass is 385 g/mol. The highest BCUT2D eigenvalue weighted by atomic mass is 16.5. The summed E-state index contributed by atoms with van der Waals surface area (Å²) in [6.07, 6.45) is 2.51. The maximum absolute atomic E-state index is 11.8. The Balaban J connectivity index is 2.22. The van der Waals surface area contributed by atoms with E-state index in [1.807, 2.05) is 20.2 Å². The number of carboxylic acid groups (broad SMARTS) is 1. The molecule has 0 bridgehead atoms. The predicted octanol–water partition coefficient (Wildman–Crippen LogP) is 3.66. The molecule has 1 N–H and O–H groups in total. The van der Waals surface area contributed by atoms with E-state index in [4.69, 9.17) is 14.2 Å². The van der Waals surface area contributed by atoms with Gasteiger partial charge in [0, 0.05) is 6.54 Å². The van der Waals surface area contributed by atoms with Gasteiger partial charge in [-0.2, -0.15) is 0 Å². The zero-order valence-electron chi connectivity index (χ0n) is 16.8. The van der Waals surface area contributed by atoms with Crippen LogP contribution in [0.1, 0.15) is 17.5 Å². The number of carboxylic acids is 1. The van der Waals surface area contributed by atoms with Crippen LogP contribution in [0, 0.1) is 0 Å². The van der Waals surface area contributed by atoms with Crippen LogP contribution in [0.2, 0.25) is 0 Å². The van der Waals surface area contributed by atoms with Gasteiger partial charge in [-0.05, 0) is 62.0 Å². The summed E-state index contributed by atoms with van der Waals surface area (Å²) in [5.74, 6) is 0.872. The first-order chi connectivity index (χ1) is 13.4. The normalized spacial score (nSPS) is 11.4. The lowest BCUT2D eigenvalue weighted by Crippen LogP contribution is -2.15. The van der Waals surface area contributed by atoms with Crippen LogP contribution in [0.3, 0.4) is 0 Å². The minimum absolute atomic E-state index is 0.185. The average Bonchev–Trinajstić information content (AvgIpc) is 2.69. The van der Waals surface area contributed by atoms with Gasteiger partial charge >= 0.3 is 5.97 Å². The zero-order valence-corrected chi connectivity index (χ0v) is 16.8. The molecule has 2 aromatic carbocycles. The standard InChI is InChI=1S/C22H27NO5/c1-23(2)12-5-13-28-20-11-6-16(15-21(20)27-4)14-19(22(24)25)17-7-9-18(26-3)10-8-17/h6-11,14-15H,5,12-13H2,1-4H3,(H,24,25)/b19-14+. The number of carbonyl (C=O) groups is 1. The van der Waals surface area contributed by atoms with Gasteiger partial charge < -0.3 is 24.2 Å². The molecule has 0 aliphatic heterocycles. The summed E-state index contributed by atoms with van der Waals surface area (Å²) in [4.78, 5) is 13.8. The summed E-state index contributed by atoms with van der Waals surface area (Å²) in [5.41, 5.74) is 1.49. The van der Waals surface area contributed by atoms with Crippen molar-refractivity contribution in [1.29, 1.82) is 0 Å². The Hall–Kier alpha value is -2.99. The third kappa shape index (κ3) is 6.03. The van der Waals surface area contributed by atoms with Gasteiger partial charge in [0.1, 0.15) is 5.75 Å². The quantitative estimate of drug-likeness (QED) is 0.382. The van der Waals surface area contributed by atoms with Crippen LogP contribution in [0.5, 0.6) is 17.2 Å². The third-order valence-corrected chi connectivity index (χ3v) is 4.14. The van der Waals surface area contributed by atoms with Crippen molar-refractivity contribution in [2.24, 2.45) is 0 Å². The number of methoxy groups -OCH3 is 2. The van der Waals surface area contributed by atoms with Crippen molar-refractivity contribution < 1.29 is 24.1 Å². The Morgan fingerprint density at radius 2 is 1.75 bits per heavy atom. The lowest BCUT2D eigenvalue weighted by Gasteiger charge is -2.13. The van der Waals surface area contributed by atoms with Crippen LogP contribution in [0.4, 0.5) is 0 Å². The molecule has 0 atom stereocenters. The summed E-state index contributed by atoms with van der Waals surface area (Å²) in [6.45, 7) is 1.52. The minimum atomic E-state index is -1.01. The first kappa shape index (κ1) is 21.3. The average molecular weight is 385 g/mol. The zero-order chi connectivity index (χ0) is 20.5. The Labute approximate surface area is 166 Å². The van der Waals surface area contributed by atoms with E-state index in [2.05, 4.69) is 4.90 Å². The molecule has 0 spiro atoms. The number of benzene rings is 2. The number of rotatable bonds is 10. The van der Waals surface area contributed by atoms with Crippen LogP contribution < -0.4 is 14.2 Å². The second kappa shape index (κ2) is 10.4. The van der Waals surface area contributed by atoms with Gasteiger partial charge in [0.15, 0.2) is 11.5 Å². The van der Waals surface area contributed by atoms with Crippen LogP contribution in [-0.4, -0.2) is 57.4 Å². The van der Waals surface area contributed by atoms with E-state index >= 15 is 0 Å². The lowest BCUT2D eigenvalue weighted by atomic mass is 10.0. The molecule has 0 aliphatic carbocycles. The third-order valence-electron chi connectivity index (χ3n) is 4.14. The van der Waals surface area contributed by atoms with Crippen LogP contribution in [0.25, 0.3) is 11.6 Å². The van der Waals surface area contributed by atoms with Gasteiger partial charge in [-0.1, -0.05) is 18.2 Å². The van der Waals surface area contributed by atoms with Gasteiger partial charge in [-0.3, -0.25) is 0 Å². The maximum Gasteiger partial charge on any atom is 0.336 e. The van der Waals surface area contributed by atoms with Gasteiger partial charge in [-0.15, -0.1) is 0 Å². The van der Waals surface area contributed by atoms with Gasteiger partial charge in [-0.25, -0.2) is 4.79 Å². The molecule has 0 radical (unpaired) electrons. The van der Waals surface area contributed by atoms with E-state index in [9.17, 15) is 9.90 Å². The van der Waals surface area contributed by atoms with Gasteiger partial charge in [0.2, 0.25) is 0 Å². The van der Waals surface area contributed by atoms with Crippen molar-refractivity contribution >= 4 is 17.6 Å². The van der Waals surface area contributed by atoms with Crippen molar-refractivity contribution in [1.82, 2.24) is 4.90 Å². The summed E-state index contributed by atoms with van der Waals surface area (Å²) < 4.78 is 16.3. The van der Waals surface area contributed by atoms with E-state index in [1.165, 1.54) is 0 Å². The molecule has 2 aromatic rings. The fourth-order valence-corrected chi connectivity index (χ4v) is 2.66. The second-order valence-corrected chi connectivity index (χ2v) is 6.51. The number of hydrogen-bond donors (Lipinski definition) is 1. The van der Waals surface area contributed by atoms with E-state index in [0.717, 1.165) is 13.0 Å². The molecule has 6 heteroatoms. The minimum Gasteiger partial charge on any atom is -0.497 e. The topological polar surface area (TPSA) is 68.2 Å². The smallest absolute Gasteiger partial charge is 0.336 e. The van der Waals surface area contributed by atoms with E-state index < -0.39 is 5.97 Å². The number of hydrogen-bond acceptors (Lipinski definition) is 5. The molecule has 0 unspecified atom stereocenters. The summed E-state index contributed by atoms with van der Waals surface area (Å²) in [5, 5.41) is 9.62. The molecule has 2 rings (SSSR count). The summed E-state index contributed by atoms with van der Waals surface area (Å²) in [7, 11) is 7.17. The summed E-state index contributed by atoms with van der Waals surface area (Å²) >= 11 is 0. The lowest BCUT2D eigenvalue weighted by molar-refractivity contribution is -0.130. The predicted molar refractivity (Wildman–Crippen MR) is 110 cm³/mol. The summed E-state index contributed by atoms with van der Waals surface area (Å²) in [6, 6.07) is 12.3. The Morgan fingerprint density at radius 3 is 2.32 bits per heavy atom. The highest BCUT2D eigenvalue weighted by Crippen LogP contribution is 2.30. The van der Waals surface area contributed by atoms with Crippen LogP contribution >= 0.6 is 0 Å². The van der Waals surface area contributed by atoms with E-state index in [0.29, 0.717) is 35.0 Å². The molecule has 0 aliphatic rings. The molecule has 0 heterocycles. The number of nitrogens with zero attached hydrogens (tertiary/aromatic N) is 1. The van der Waals surface area contributed by atoms with Crippen molar-refractivity contribution in [3.8, 4) is 17.2 Å². The van der Waals surface area contributed by atoms with Crippen molar-refractivity contribution in [3.05, 3.63) is 53.6 Å². The molecule has 28 heavy (non-hydrogen) atoms. The molecular formula is C22H27NO5. The Morgan fingerprint density at radius 1 is 1.04 bits per heavy atom. The Kier molecular flexibility index (Phi) is 7.89. The Bertz CT molecular complexity index is 812. The fraction of sp³-hybridized carbons (Fsp3) is 0.318. The van der Waals surface area contributed by atoms with E-state index in [1.54, 1.807) is 56.7 Å². The van der Waals surface area contributed by atoms with Gasteiger partial charge in [0.05, 0.1) is 26.4 Å². The van der Waals surface area contributed by atoms with Crippen molar-refractivity contribution in [2.45, 2.75) is 6.42 Å². The second-order valence-electron chi connectivity index (χ2n) is 6.51. The highest BCUT2D eigenvalue weighted by molar-refractivity contribution is 6.20. The SMILES string of the molecule is COc1ccc(/C(=C\c2ccc(OCCCN(C)C)c(OC)c2)C(=O)O)cc1. The maximum atomic E-state index is 11.8. The highest BCUT2D eigenvalue weighted by Gasteiger charge is 2.12. The fourth-order valence-electron chi connectivity index (χ4n) is 2.66. The molecule has 0 saturated carbocycles. The van der Waals surface area contributed by atoms with E-state index in [-0.39, 0.29) is 5.57 Å². The number of ether oxygens (including phenoxy) is 3. The van der Waals surface area contributed by atoms with Crippen molar-refractivity contribution in [3.63, 3.8) is 0 Å². The number of aliphatic carboxylic acids is 1. The van der Waals surface area contributed by atoms with Crippen LogP contribution in [0.15, 0.2) is 42.5 Å². The molecule has 0 aromatic heterocycles. The molecule has 6 nitrogen and oxygen atoms in total. The van der Waals surface area contributed by atoms with Gasteiger partial charge in [0.25, 0.3) is 0 Å². The van der Waals surface area contributed by atoms with Crippen LogP contribution in [-0.2, 0) is 4.79 Å². The molecule has 0 amide bonds. The first-order valence-electron chi connectivity index (χ1n) is 8.99. The first-order valence-corrected chi connectivity index (χ1v) is 8.99. The molecular weight excluding hydrogens is 358 g/mol. The molecule has 0 fully saturated rings. The molecule has 150 valence electrons. The van der Waals surface area contributed by atoms with Crippen molar-refractivity contribution in [2.75, 3.05) is 41.5 Å². The molecule has 0 saturated heterocycles. The largest absolute Gasteiger partial charge is 0.497 e.